The molecule has 0 amide bonds. The molecule has 2 nitrogen and oxygen atoms in total. The highest BCUT2D eigenvalue weighted by molar-refractivity contribution is 9.15. The second kappa shape index (κ2) is 2.84. The van der Waals surface area contributed by atoms with Crippen LogP contribution in [-0.2, 0) is 0 Å². The van der Waals surface area contributed by atoms with E-state index in [-0.39, 0.29) is 0 Å². The molecule has 52 valence electrons. The van der Waals surface area contributed by atoms with E-state index in [2.05, 4.69) is 39.1 Å². The lowest BCUT2D eigenvalue weighted by atomic mass is 10.3. The molecule has 3 heteroatoms. The maximum atomic E-state index is 4.01. The molecule has 0 aliphatic rings. The average Bonchev–Trinajstić information content (AvgIpc) is 2.33. The molecule has 0 saturated heterocycles. The largest absolute Gasteiger partial charge is 0.345 e. The van der Waals surface area contributed by atoms with Gasteiger partial charge >= 0.3 is 0 Å². The van der Waals surface area contributed by atoms with Crippen molar-refractivity contribution in [3.05, 3.63) is 30.9 Å². The molecule has 0 saturated carbocycles. The third kappa shape index (κ3) is 1.19. The van der Waals surface area contributed by atoms with Gasteiger partial charge < -0.3 is 4.98 Å². The van der Waals surface area contributed by atoms with Crippen LogP contribution in [0.15, 0.2) is 19.5 Å². The molecule has 0 radical (unpaired) electrons. The van der Waals surface area contributed by atoms with Gasteiger partial charge in [-0.25, -0.2) is 4.98 Å². The molecule has 1 N–H and O–H groups in total. The van der Waals surface area contributed by atoms with Crippen LogP contribution >= 0.6 is 15.9 Å². The molecule has 1 heterocycles. The van der Waals surface area contributed by atoms with E-state index in [9.17, 15) is 0 Å². The van der Waals surface area contributed by atoms with Gasteiger partial charge in [-0.1, -0.05) is 13.2 Å². The lowest BCUT2D eigenvalue weighted by Gasteiger charge is -1.91. The van der Waals surface area contributed by atoms with Gasteiger partial charge in [0.25, 0.3) is 0 Å². The highest BCUT2D eigenvalue weighted by atomic mass is 79.9. The first-order valence-corrected chi connectivity index (χ1v) is 3.55. The summed E-state index contributed by atoms with van der Waals surface area (Å²) in [5.41, 5.74) is 1.71. The normalized spacial score (nSPS) is 9.30. The van der Waals surface area contributed by atoms with E-state index in [4.69, 9.17) is 0 Å². The van der Waals surface area contributed by atoms with Gasteiger partial charge in [-0.2, -0.15) is 0 Å². The van der Waals surface area contributed by atoms with Crippen LogP contribution in [0.25, 0.3) is 10.6 Å². The first kappa shape index (κ1) is 7.28. The van der Waals surface area contributed by atoms with Crippen molar-refractivity contribution >= 4 is 26.5 Å². The van der Waals surface area contributed by atoms with Crippen LogP contribution in [0.5, 0.6) is 0 Å². The zero-order valence-corrected chi connectivity index (χ0v) is 6.98. The fraction of sp³-hybridized carbons (Fsp3) is 0. The fourth-order valence-electron chi connectivity index (χ4n) is 0.676. The quantitative estimate of drug-likeness (QED) is 0.778. The summed E-state index contributed by atoms with van der Waals surface area (Å²) < 4.78 is 0.767. The second-order valence-corrected chi connectivity index (χ2v) is 2.73. The van der Waals surface area contributed by atoms with Crippen LogP contribution in [0.2, 0.25) is 0 Å². The number of hydrogen-bond donors (Lipinski definition) is 1. The molecule has 0 atom stereocenters. The molecule has 1 aromatic rings. The Morgan fingerprint density at radius 2 is 2.50 bits per heavy atom. The third-order valence-corrected chi connectivity index (χ3v) is 1.51. The Labute approximate surface area is 67.8 Å². The first-order chi connectivity index (χ1) is 4.75. The summed E-state index contributed by atoms with van der Waals surface area (Å²) >= 11 is 3.23. The average molecular weight is 199 g/mol. The smallest absolute Gasteiger partial charge is 0.102 e. The topological polar surface area (TPSA) is 28.7 Å². The number of halogens is 1. The van der Waals surface area contributed by atoms with E-state index in [1.165, 1.54) is 0 Å². The van der Waals surface area contributed by atoms with Gasteiger partial charge in [-0.3, -0.25) is 0 Å². The number of rotatable bonds is 2. The number of aromatic nitrogens is 2. The van der Waals surface area contributed by atoms with E-state index in [0.29, 0.717) is 0 Å². The van der Waals surface area contributed by atoms with Gasteiger partial charge in [-0.15, -0.1) is 0 Å². The summed E-state index contributed by atoms with van der Waals surface area (Å²) in [6.45, 7) is 7.31. The van der Waals surface area contributed by atoms with Crippen molar-refractivity contribution in [2.45, 2.75) is 0 Å². The monoisotopic (exact) mass is 198 g/mol. The lowest BCUT2D eigenvalue weighted by Crippen LogP contribution is -1.78. The second-order valence-electron chi connectivity index (χ2n) is 1.77. The minimum Gasteiger partial charge on any atom is -0.345 e. The van der Waals surface area contributed by atoms with Crippen molar-refractivity contribution in [2.24, 2.45) is 0 Å². The molecule has 0 aliphatic carbocycles. The Kier molecular flexibility index (Phi) is 2.06. The number of imidazole rings is 1. The maximum absolute atomic E-state index is 4.01. The highest BCUT2D eigenvalue weighted by Crippen LogP contribution is 2.19. The predicted octanol–water partition coefficient (Wildman–Crippen LogP) is 2.42. The summed E-state index contributed by atoms with van der Waals surface area (Å²) in [7, 11) is 0. The van der Waals surface area contributed by atoms with Crippen molar-refractivity contribution in [2.75, 3.05) is 0 Å². The zero-order valence-electron chi connectivity index (χ0n) is 5.39. The van der Waals surface area contributed by atoms with E-state index < -0.39 is 0 Å². The SMILES string of the molecule is C=Cc1[nH]cnc1C(=C)Br. The van der Waals surface area contributed by atoms with Crippen molar-refractivity contribution in [3.8, 4) is 0 Å². The molecule has 0 fully saturated rings. The van der Waals surface area contributed by atoms with Crippen molar-refractivity contribution < 1.29 is 0 Å². The number of nitrogens with one attached hydrogen (secondary N) is 1. The van der Waals surface area contributed by atoms with Crippen molar-refractivity contribution in [3.63, 3.8) is 0 Å². The van der Waals surface area contributed by atoms with E-state index in [1.807, 2.05) is 0 Å². The summed E-state index contributed by atoms with van der Waals surface area (Å²) in [6.07, 6.45) is 3.31. The first-order valence-electron chi connectivity index (χ1n) is 2.76. The Morgan fingerprint density at radius 3 is 2.90 bits per heavy atom. The molecule has 0 aliphatic heterocycles. The van der Waals surface area contributed by atoms with E-state index >= 15 is 0 Å². The standard InChI is InChI=1S/C7H7BrN2/c1-3-6-7(5(2)8)10-4-9-6/h3-4H,1-2H2,(H,9,10). The third-order valence-electron chi connectivity index (χ3n) is 1.13. The van der Waals surface area contributed by atoms with Gasteiger partial charge in [0, 0.05) is 4.48 Å². The molecule has 0 bridgehead atoms. The Morgan fingerprint density at radius 1 is 1.80 bits per heavy atom. The molecule has 0 aromatic carbocycles. The minimum absolute atomic E-state index is 0.767. The summed E-state index contributed by atoms with van der Waals surface area (Å²) in [5.74, 6) is 0. The Balaban J connectivity index is 3.13. The van der Waals surface area contributed by atoms with Gasteiger partial charge in [-0.05, 0) is 22.0 Å². The van der Waals surface area contributed by atoms with Crippen LogP contribution in [0.1, 0.15) is 11.4 Å². The predicted molar refractivity (Wildman–Crippen MR) is 46.6 cm³/mol. The number of nitrogens with zero attached hydrogens (tertiary/aromatic N) is 1. The molecule has 0 unspecified atom stereocenters. The van der Waals surface area contributed by atoms with Crippen LogP contribution in [0.4, 0.5) is 0 Å². The van der Waals surface area contributed by atoms with Gasteiger partial charge in [0.05, 0.1) is 12.0 Å². The fourth-order valence-corrected chi connectivity index (χ4v) is 0.992. The molecule has 1 aromatic heterocycles. The maximum Gasteiger partial charge on any atom is 0.102 e. The highest BCUT2D eigenvalue weighted by Gasteiger charge is 2.01. The number of aromatic amines is 1. The van der Waals surface area contributed by atoms with Crippen molar-refractivity contribution in [1.82, 2.24) is 9.97 Å². The van der Waals surface area contributed by atoms with Gasteiger partial charge in [0.1, 0.15) is 5.69 Å². The van der Waals surface area contributed by atoms with Crippen LogP contribution in [0.3, 0.4) is 0 Å². The van der Waals surface area contributed by atoms with Crippen LogP contribution in [0, 0.1) is 0 Å². The van der Waals surface area contributed by atoms with Crippen LogP contribution < -0.4 is 0 Å². The number of H-pyrrole nitrogens is 1. The summed E-state index contributed by atoms with van der Waals surface area (Å²) in [4.78, 5) is 6.93. The molecule has 10 heavy (non-hydrogen) atoms. The van der Waals surface area contributed by atoms with Crippen molar-refractivity contribution in [1.29, 1.82) is 0 Å². The van der Waals surface area contributed by atoms with Gasteiger partial charge in [0.15, 0.2) is 0 Å². The zero-order chi connectivity index (χ0) is 7.56. The lowest BCUT2D eigenvalue weighted by molar-refractivity contribution is 1.30. The van der Waals surface area contributed by atoms with Gasteiger partial charge in [0.2, 0.25) is 0 Å². The van der Waals surface area contributed by atoms with E-state index in [0.717, 1.165) is 15.9 Å². The molecule has 0 spiro atoms. The van der Waals surface area contributed by atoms with E-state index in [1.54, 1.807) is 12.4 Å². The number of hydrogen-bond acceptors (Lipinski definition) is 1. The molecular weight excluding hydrogens is 192 g/mol. The van der Waals surface area contributed by atoms with Crippen LogP contribution in [-0.4, -0.2) is 9.97 Å². The Hall–Kier alpha value is -0.830. The molecular formula is C7H7BrN2. The minimum atomic E-state index is 0.767. The summed E-state index contributed by atoms with van der Waals surface area (Å²) in [5, 5.41) is 0. The Bertz CT molecular complexity index is 262. The molecule has 1 rings (SSSR count). The summed E-state index contributed by atoms with van der Waals surface area (Å²) in [6, 6.07) is 0.